The summed E-state index contributed by atoms with van der Waals surface area (Å²) in [6.45, 7) is 6.29. The molecule has 1 unspecified atom stereocenters. The van der Waals surface area contributed by atoms with E-state index in [2.05, 4.69) is 29.1 Å². The molecule has 6 nitrogen and oxygen atoms in total. The molecule has 0 radical (unpaired) electrons. The Morgan fingerprint density at radius 3 is 3.00 bits per heavy atom. The lowest BCUT2D eigenvalue weighted by atomic mass is 10.1. The molecule has 0 saturated carbocycles. The molecule has 106 valence electrons. The molecule has 6 heteroatoms. The molecule has 2 heterocycles. The minimum absolute atomic E-state index is 0.0431. The van der Waals surface area contributed by atoms with Crippen molar-refractivity contribution in [2.24, 2.45) is 0 Å². The molecule has 1 saturated heterocycles. The van der Waals surface area contributed by atoms with Crippen LogP contribution in [0.2, 0.25) is 0 Å². The van der Waals surface area contributed by atoms with Crippen molar-refractivity contribution in [3.8, 4) is 5.88 Å². The van der Waals surface area contributed by atoms with Crippen molar-refractivity contribution in [3.05, 3.63) is 12.3 Å². The van der Waals surface area contributed by atoms with Gasteiger partial charge in [0.25, 0.3) is 0 Å². The summed E-state index contributed by atoms with van der Waals surface area (Å²) in [6, 6.07) is 1.76. The summed E-state index contributed by atoms with van der Waals surface area (Å²) in [5.74, 6) is 1.21. The van der Waals surface area contributed by atoms with Gasteiger partial charge in [-0.05, 0) is 13.8 Å². The van der Waals surface area contributed by atoms with E-state index in [1.54, 1.807) is 12.3 Å². The van der Waals surface area contributed by atoms with Crippen LogP contribution in [0.5, 0.6) is 5.88 Å². The number of hydrogen-bond acceptors (Lipinski definition) is 6. The highest BCUT2D eigenvalue weighted by molar-refractivity contribution is 5.29. The Bertz CT molecular complexity index is 423. The van der Waals surface area contributed by atoms with Crippen LogP contribution in [0.15, 0.2) is 12.3 Å². The smallest absolute Gasteiger partial charge is 0.228 e. The molecule has 1 fully saturated rings. The van der Waals surface area contributed by atoms with E-state index >= 15 is 0 Å². The van der Waals surface area contributed by atoms with Gasteiger partial charge < -0.3 is 19.7 Å². The van der Waals surface area contributed by atoms with Gasteiger partial charge in [0, 0.05) is 39.4 Å². The summed E-state index contributed by atoms with van der Waals surface area (Å²) < 4.78 is 11.6. The van der Waals surface area contributed by atoms with Crippen LogP contribution in [0.3, 0.4) is 0 Å². The molecule has 1 aromatic heterocycles. The lowest BCUT2D eigenvalue weighted by molar-refractivity contribution is -0.107. The number of rotatable bonds is 4. The van der Waals surface area contributed by atoms with Crippen LogP contribution >= 0.6 is 0 Å². The third-order valence-corrected chi connectivity index (χ3v) is 2.84. The number of aromatic nitrogens is 2. The van der Waals surface area contributed by atoms with Crippen molar-refractivity contribution in [1.82, 2.24) is 15.3 Å². The first kappa shape index (κ1) is 14.0. The minimum atomic E-state index is -0.146. The van der Waals surface area contributed by atoms with E-state index < -0.39 is 0 Å². The SMILES string of the molecule is CN(C)c1nccc(OCC2CNCC(C)(C)O2)n1. The zero-order chi connectivity index (χ0) is 13.9. The average Bonchev–Trinajstić information content (AvgIpc) is 2.35. The number of nitrogens with one attached hydrogen (secondary N) is 1. The van der Waals surface area contributed by atoms with E-state index in [1.807, 2.05) is 19.0 Å². The predicted molar refractivity (Wildman–Crippen MR) is 73.7 cm³/mol. The van der Waals surface area contributed by atoms with E-state index in [0.717, 1.165) is 13.1 Å². The van der Waals surface area contributed by atoms with Gasteiger partial charge in [-0.25, -0.2) is 4.98 Å². The minimum Gasteiger partial charge on any atom is -0.475 e. The molecule has 0 spiro atoms. The largest absolute Gasteiger partial charge is 0.475 e. The topological polar surface area (TPSA) is 59.5 Å². The Morgan fingerprint density at radius 2 is 2.32 bits per heavy atom. The van der Waals surface area contributed by atoms with Crippen LogP contribution in [0.25, 0.3) is 0 Å². The number of anilines is 1. The summed E-state index contributed by atoms with van der Waals surface area (Å²) in [5, 5.41) is 3.34. The number of ether oxygens (including phenoxy) is 2. The van der Waals surface area contributed by atoms with E-state index in [-0.39, 0.29) is 11.7 Å². The van der Waals surface area contributed by atoms with Gasteiger partial charge in [-0.2, -0.15) is 4.98 Å². The molecule has 0 aromatic carbocycles. The van der Waals surface area contributed by atoms with Gasteiger partial charge in [-0.1, -0.05) is 0 Å². The van der Waals surface area contributed by atoms with E-state index in [4.69, 9.17) is 9.47 Å². The first-order valence-corrected chi connectivity index (χ1v) is 6.48. The maximum Gasteiger partial charge on any atom is 0.228 e. The van der Waals surface area contributed by atoms with Gasteiger partial charge in [-0.15, -0.1) is 0 Å². The molecule has 2 rings (SSSR count). The van der Waals surface area contributed by atoms with Crippen LogP contribution in [-0.4, -0.2) is 55.5 Å². The fourth-order valence-electron chi connectivity index (χ4n) is 1.97. The second-order valence-electron chi connectivity index (χ2n) is 5.53. The summed E-state index contributed by atoms with van der Waals surface area (Å²) in [6.07, 6.45) is 1.74. The Labute approximate surface area is 114 Å². The second-order valence-corrected chi connectivity index (χ2v) is 5.53. The van der Waals surface area contributed by atoms with E-state index in [1.165, 1.54) is 0 Å². The van der Waals surface area contributed by atoms with Gasteiger partial charge >= 0.3 is 0 Å². The fourth-order valence-corrected chi connectivity index (χ4v) is 1.97. The van der Waals surface area contributed by atoms with Crippen LogP contribution in [0, 0.1) is 0 Å². The summed E-state index contributed by atoms with van der Waals surface area (Å²) in [7, 11) is 3.80. The van der Waals surface area contributed by atoms with Crippen molar-refractivity contribution >= 4 is 5.95 Å². The van der Waals surface area contributed by atoms with Crippen molar-refractivity contribution in [2.45, 2.75) is 25.6 Å². The van der Waals surface area contributed by atoms with Gasteiger partial charge in [0.2, 0.25) is 11.8 Å². The van der Waals surface area contributed by atoms with Crippen LogP contribution in [0.1, 0.15) is 13.8 Å². The number of hydrogen-bond donors (Lipinski definition) is 1. The predicted octanol–water partition coefficient (Wildman–Crippen LogP) is 0.688. The highest BCUT2D eigenvalue weighted by atomic mass is 16.6. The average molecular weight is 266 g/mol. The molecule has 0 aliphatic carbocycles. The standard InChI is InChI=1S/C13H22N4O2/c1-13(2)9-14-7-10(19-13)8-18-11-5-6-15-12(16-11)17(3)4/h5-6,10,14H,7-9H2,1-4H3. The maximum atomic E-state index is 5.93. The van der Waals surface area contributed by atoms with Crippen molar-refractivity contribution in [2.75, 3.05) is 38.7 Å². The van der Waals surface area contributed by atoms with Crippen LogP contribution in [0.4, 0.5) is 5.95 Å². The summed E-state index contributed by atoms with van der Waals surface area (Å²) in [5.41, 5.74) is -0.146. The monoisotopic (exact) mass is 266 g/mol. The Morgan fingerprint density at radius 1 is 1.53 bits per heavy atom. The normalized spacial score (nSPS) is 22.0. The molecule has 0 bridgehead atoms. The quantitative estimate of drug-likeness (QED) is 0.865. The first-order chi connectivity index (χ1) is 8.96. The van der Waals surface area contributed by atoms with E-state index in [0.29, 0.717) is 18.4 Å². The van der Waals surface area contributed by atoms with E-state index in [9.17, 15) is 0 Å². The molecule has 1 aliphatic heterocycles. The highest BCUT2D eigenvalue weighted by Gasteiger charge is 2.28. The number of morpholine rings is 1. The van der Waals surface area contributed by atoms with Gasteiger partial charge in [-0.3, -0.25) is 0 Å². The van der Waals surface area contributed by atoms with Crippen molar-refractivity contribution < 1.29 is 9.47 Å². The Balaban J connectivity index is 1.90. The molecule has 0 amide bonds. The molecule has 19 heavy (non-hydrogen) atoms. The molecule has 1 atom stereocenters. The van der Waals surface area contributed by atoms with Crippen LogP contribution < -0.4 is 15.0 Å². The summed E-state index contributed by atoms with van der Waals surface area (Å²) in [4.78, 5) is 10.3. The molecule has 1 aromatic rings. The molecular formula is C13H22N4O2. The zero-order valence-corrected chi connectivity index (χ0v) is 12.0. The molecular weight excluding hydrogens is 244 g/mol. The van der Waals surface area contributed by atoms with Gasteiger partial charge in [0.15, 0.2) is 0 Å². The number of nitrogens with zero attached hydrogens (tertiary/aromatic N) is 3. The second kappa shape index (κ2) is 5.71. The third kappa shape index (κ3) is 4.04. The third-order valence-electron chi connectivity index (χ3n) is 2.84. The van der Waals surface area contributed by atoms with Gasteiger partial charge in [0.05, 0.1) is 5.60 Å². The lowest BCUT2D eigenvalue weighted by Gasteiger charge is -2.36. The van der Waals surface area contributed by atoms with Crippen LogP contribution in [-0.2, 0) is 4.74 Å². The fraction of sp³-hybridized carbons (Fsp3) is 0.692. The Hall–Kier alpha value is -1.40. The Kier molecular flexibility index (Phi) is 4.21. The van der Waals surface area contributed by atoms with Gasteiger partial charge in [0.1, 0.15) is 12.7 Å². The molecule has 1 N–H and O–H groups in total. The zero-order valence-electron chi connectivity index (χ0n) is 12.0. The first-order valence-electron chi connectivity index (χ1n) is 6.48. The molecule has 1 aliphatic rings. The van der Waals surface area contributed by atoms with Crippen molar-refractivity contribution in [1.29, 1.82) is 0 Å². The van der Waals surface area contributed by atoms with Crippen molar-refractivity contribution in [3.63, 3.8) is 0 Å². The maximum absolute atomic E-state index is 5.93. The summed E-state index contributed by atoms with van der Waals surface area (Å²) >= 11 is 0. The highest BCUT2D eigenvalue weighted by Crippen LogP contribution is 2.16. The lowest BCUT2D eigenvalue weighted by Crippen LogP contribution is -2.52.